The number of rotatable bonds is 3. The topological polar surface area (TPSA) is 79.3 Å². The molecule has 1 amide bonds. The smallest absolute Gasteiger partial charge is 0.335 e. The third-order valence-corrected chi connectivity index (χ3v) is 3.16. The van der Waals surface area contributed by atoms with E-state index in [0.717, 1.165) is 16.8 Å². The number of nitrogens with zero attached hydrogens (tertiary/aromatic N) is 1. The molecule has 0 bridgehead atoms. The Labute approximate surface area is 122 Å². The van der Waals surface area contributed by atoms with E-state index in [0.29, 0.717) is 16.9 Å². The van der Waals surface area contributed by atoms with Crippen LogP contribution in [0.1, 0.15) is 28.5 Å². The molecule has 0 saturated carbocycles. The number of hydrogen-bond donors (Lipinski definition) is 2. The monoisotopic (exact) mass is 284 g/mol. The molecule has 108 valence electrons. The molecule has 2 aromatic rings. The van der Waals surface area contributed by atoms with Crippen molar-refractivity contribution < 1.29 is 14.7 Å². The van der Waals surface area contributed by atoms with E-state index in [1.54, 1.807) is 25.1 Å². The zero-order valence-corrected chi connectivity index (χ0v) is 12.1. The summed E-state index contributed by atoms with van der Waals surface area (Å²) in [6, 6.07) is 8.77. The van der Waals surface area contributed by atoms with E-state index in [1.807, 2.05) is 19.1 Å². The molecule has 1 heterocycles. The fourth-order valence-electron chi connectivity index (χ4n) is 2.19. The van der Waals surface area contributed by atoms with Gasteiger partial charge in [-0.15, -0.1) is 0 Å². The van der Waals surface area contributed by atoms with Crippen LogP contribution in [-0.2, 0) is 4.79 Å². The second kappa shape index (κ2) is 5.75. The third-order valence-electron chi connectivity index (χ3n) is 3.16. The molecule has 0 spiro atoms. The largest absolute Gasteiger partial charge is 0.478 e. The van der Waals surface area contributed by atoms with Crippen LogP contribution in [0.3, 0.4) is 0 Å². The minimum absolute atomic E-state index is 0.170. The molecule has 5 nitrogen and oxygen atoms in total. The summed E-state index contributed by atoms with van der Waals surface area (Å²) in [5.74, 6) is -0.603. The quantitative estimate of drug-likeness (QED) is 0.908. The van der Waals surface area contributed by atoms with Crippen LogP contribution in [0.15, 0.2) is 30.3 Å². The Morgan fingerprint density at radius 2 is 1.86 bits per heavy atom. The summed E-state index contributed by atoms with van der Waals surface area (Å²) in [5, 5.41) is 11.7. The van der Waals surface area contributed by atoms with Crippen molar-refractivity contribution in [2.24, 2.45) is 0 Å². The van der Waals surface area contributed by atoms with Crippen LogP contribution in [0.2, 0.25) is 0 Å². The van der Waals surface area contributed by atoms with E-state index in [1.165, 1.54) is 6.92 Å². The highest BCUT2D eigenvalue weighted by molar-refractivity contribution is 5.90. The molecule has 5 heteroatoms. The van der Waals surface area contributed by atoms with Gasteiger partial charge in [0, 0.05) is 18.2 Å². The minimum atomic E-state index is -0.935. The minimum Gasteiger partial charge on any atom is -0.478 e. The maximum Gasteiger partial charge on any atom is 0.335 e. The highest BCUT2D eigenvalue weighted by Crippen LogP contribution is 2.25. The summed E-state index contributed by atoms with van der Waals surface area (Å²) in [5.41, 5.74) is 3.56. The molecule has 2 rings (SSSR count). The average molecular weight is 284 g/mol. The van der Waals surface area contributed by atoms with Crippen LogP contribution >= 0.6 is 0 Å². The second-order valence-corrected chi connectivity index (χ2v) is 4.85. The number of pyridine rings is 1. The Kier molecular flexibility index (Phi) is 4.03. The number of aromatic nitrogens is 1. The first-order valence-electron chi connectivity index (χ1n) is 6.48. The lowest BCUT2D eigenvalue weighted by atomic mass is 9.99. The lowest BCUT2D eigenvalue weighted by Gasteiger charge is -2.10. The van der Waals surface area contributed by atoms with Gasteiger partial charge >= 0.3 is 5.97 Å². The molecule has 0 aliphatic rings. The number of carboxylic acids is 1. The van der Waals surface area contributed by atoms with Gasteiger partial charge in [-0.1, -0.05) is 12.1 Å². The van der Waals surface area contributed by atoms with E-state index in [4.69, 9.17) is 5.11 Å². The first-order chi connectivity index (χ1) is 9.88. The van der Waals surface area contributed by atoms with Crippen LogP contribution in [0, 0.1) is 13.8 Å². The Balaban J connectivity index is 2.40. The standard InChI is InChI=1S/C16H16N2O3/c1-9-8-12(4-5-13(9)16(20)21)14-6-7-15(17-10(14)2)18-11(3)19/h4-8H,1-3H3,(H,20,21)(H,17,18,19). The normalized spacial score (nSPS) is 10.2. The molecular formula is C16H16N2O3. The molecule has 0 fully saturated rings. The summed E-state index contributed by atoms with van der Waals surface area (Å²) in [7, 11) is 0. The number of benzene rings is 1. The molecule has 21 heavy (non-hydrogen) atoms. The molecule has 1 aromatic carbocycles. The van der Waals surface area contributed by atoms with Crippen molar-refractivity contribution in [3.05, 3.63) is 47.2 Å². The fourth-order valence-corrected chi connectivity index (χ4v) is 2.19. The van der Waals surface area contributed by atoms with Crippen molar-refractivity contribution in [3.63, 3.8) is 0 Å². The molecular weight excluding hydrogens is 268 g/mol. The van der Waals surface area contributed by atoms with Gasteiger partial charge in [0.25, 0.3) is 0 Å². The van der Waals surface area contributed by atoms with E-state index >= 15 is 0 Å². The van der Waals surface area contributed by atoms with E-state index < -0.39 is 5.97 Å². The first-order valence-corrected chi connectivity index (χ1v) is 6.48. The van der Waals surface area contributed by atoms with Gasteiger partial charge in [0.2, 0.25) is 5.91 Å². The van der Waals surface area contributed by atoms with Crippen molar-refractivity contribution in [2.45, 2.75) is 20.8 Å². The highest BCUT2D eigenvalue weighted by Gasteiger charge is 2.10. The van der Waals surface area contributed by atoms with Crippen LogP contribution in [0.25, 0.3) is 11.1 Å². The molecule has 0 unspecified atom stereocenters. The third kappa shape index (κ3) is 3.25. The van der Waals surface area contributed by atoms with Gasteiger partial charge < -0.3 is 10.4 Å². The van der Waals surface area contributed by atoms with E-state index in [2.05, 4.69) is 10.3 Å². The second-order valence-electron chi connectivity index (χ2n) is 4.85. The van der Waals surface area contributed by atoms with Crippen LogP contribution in [0.5, 0.6) is 0 Å². The van der Waals surface area contributed by atoms with Crippen molar-refractivity contribution in [1.82, 2.24) is 4.98 Å². The molecule has 0 atom stereocenters. The number of carbonyl (C=O) groups is 2. The van der Waals surface area contributed by atoms with Crippen molar-refractivity contribution in [3.8, 4) is 11.1 Å². The number of hydrogen-bond acceptors (Lipinski definition) is 3. The predicted octanol–water partition coefficient (Wildman–Crippen LogP) is 3.02. The molecule has 0 aliphatic heterocycles. The maximum atomic E-state index is 11.0. The van der Waals surface area contributed by atoms with Gasteiger partial charge in [-0.25, -0.2) is 9.78 Å². The zero-order valence-electron chi connectivity index (χ0n) is 12.1. The number of anilines is 1. The molecule has 0 saturated heterocycles. The molecule has 1 aromatic heterocycles. The van der Waals surface area contributed by atoms with Gasteiger partial charge in [-0.05, 0) is 43.2 Å². The van der Waals surface area contributed by atoms with Crippen molar-refractivity contribution in [1.29, 1.82) is 0 Å². The summed E-state index contributed by atoms with van der Waals surface area (Å²) in [6.45, 7) is 5.04. The molecule has 0 aliphatic carbocycles. The summed E-state index contributed by atoms with van der Waals surface area (Å²) in [4.78, 5) is 26.4. The predicted molar refractivity (Wildman–Crippen MR) is 80.4 cm³/mol. The number of aryl methyl sites for hydroxylation is 2. The van der Waals surface area contributed by atoms with E-state index in [9.17, 15) is 9.59 Å². The van der Waals surface area contributed by atoms with Crippen LogP contribution < -0.4 is 5.32 Å². The Hall–Kier alpha value is -2.69. The number of aromatic carboxylic acids is 1. The number of nitrogens with one attached hydrogen (secondary N) is 1. The number of carboxylic acid groups (broad SMARTS) is 1. The Morgan fingerprint density at radius 3 is 2.38 bits per heavy atom. The van der Waals surface area contributed by atoms with E-state index in [-0.39, 0.29) is 5.91 Å². The van der Waals surface area contributed by atoms with Crippen LogP contribution in [-0.4, -0.2) is 22.0 Å². The van der Waals surface area contributed by atoms with Crippen LogP contribution in [0.4, 0.5) is 5.82 Å². The van der Waals surface area contributed by atoms with Gasteiger partial charge in [-0.2, -0.15) is 0 Å². The summed E-state index contributed by atoms with van der Waals surface area (Å²) < 4.78 is 0. The highest BCUT2D eigenvalue weighted by atomic mass is 16.4. The van der Waals surface area contributed by atoms with Gasteiger partial charge in [0.15, 0.2) is 0 Å². The molecule has 0 radical (unpaired) electrons. The van der Waals surface area contributed by atoms with Gasteiger partial charge in [0.1, 0.15) is 5.82 Å². The number of carbonyl (C=O) groups excluding carboxylic acids is 1. The van der Waals surface area contributed by atoms with Crippen molar-refractivity contribution >= 4 is 17.7 Å². The van der Waals surface area contributed by atoms with Gasteiger partial charge in [0.05, 0.1) is 5.56 Å². The maximum absolute atomic E-state index is 11.0. The Bertz CT molecular complexity index is 723. The fraction of sp³-hybridized carbons (Fsp3) is 0.188. The first kappa shape index (κ1) is 14.7. The number of amides is 1. The molecule has 2 N–H and O–H groups in total. The summed E-state index contributed by atoms with van der Waals surface area (Å²) in [6.07, 6.45) is 0. The SMILES string of the molecule is CC(=O)Nc1ccc(-c2ccc(C(=O)O)c(C)c2)c(C)n1. The van der Waals surface area contributed by atoms with Gasteiger partial charge in [-0.3, -0.25) is 4.79 Å². The lowest BCUT2D eigenvalue weighted by molar-refractivity contribution is -0.114. The lowest BCUT2D eigenvalue weighted by Crippen LogP contribution is -2.08. The zero-order chi connectivity index (χ0) is 15.6. The summed E-state index contributed by atoms with van der Waals surface area (Å²) >= 11 is 0. The Morgan fingerprint density at radius 1 is 1.14 bits per heavy atom. The average Bonchev–Trinajstić information content (AvgIpc) is 2.37. The van der Waals surface area contributed by atoms with Crippen molar-refractivity contribution in [2.75, 3.05) is 5.32 Å².